The molecule has 1 N–H and O–H groups in total. The van der Waals surface area contributed by atoms with Gasteiger partial charge in [0.05, 0.1) is 13.2 Å². The second kappa shape index (κ2) is 9.76. The van der Waals surface area contributed by atoms with Crippen LogP contribution in [-0.4, -0.2) is 43.4 Å². The summed E-state index contributed by atoms with van der Waals surface area (Å²) in [5, 5.41) is 3.07. The number of benzene rings is 2. The number of rotatable bonds is 7. The molecular weight excluding hydrogens is 344 g/mol. The summed E-state index contributed by atoms with van der Waals surface area (Å²) in [7, 11) is 0. The topological polar surface area (TPSA) is 41.6 Å². The Hall–Kier alpha value is -1.82. The molecule has 0 spiro atoms. The Morgan fingerprint density at radius 2 is 1.88 bits per heavy atom. The Morgan fingerprint density at radius 3 is 2.65 bits per heavy atom. The summed E-state index contributed by atoms with van der Waals surface area (Å²) < 4.78 is 5.42. The number of nitrogens with zero attached hydrogens (tertiary/aromatic N) is 1. The summed E-state index contributed by atoms with van der Waals surface area (Å²) in [6.45, 7) is 4.97. The van der Waals surface area contributed by atoms with Crippen molar-refractivity contribution in [3.8, 4) is 0 Å². The van der Waals surface area contributed by atoms with E-state index in [-0.39, 0.29) is 5.91 Å². The average molecular weight is 371 g/mol. The highest BCUT2D eigenvalue weighted by Gasteiger charge is 2.13. The first-order valence-corrected chi connectivity index (χ1v) is 10.4. The van der Waals surface area contributed by atoms with Crippen molar-refractivity contribution < 1.29 is 9.53 Å². The smallest absolute Gasteiger partial charge is 0.251 e. The van der Waals surface area contributed by atoms with Crippen molar-refractivity contribution in [3.63, 3.8) is 0 Å². The van der Waals surface area contributed by atoms with Crippen molar-refractivity contribution in [2.45, 2.75) is 18.8 Å². The lowest BCUT2D eigenvalue weighted by molar-refractivity contribution is 0.0340. The van der Waals surface area contributed by atoms with E-state index in [0.717, 1.165) is 44.2 Å². The van der Waals surface area contributed by atoms with Crippen molar-refractivity contribution in [2.75, 3.05) is 32.6 Å². The Kier molecular flexibility index (Phi) is 7.12. The lowest BCUT2D eigenvalue weighted by Crippen LogP contribution is -2.36. The van der Waals surface area contributed by atoms with E-state index < -0.39 is 0 Å². The Morgan fingerprint density at radius 1 is 1.12 bits per heavy atom. The lowest BCUT2D eigenvalue weighted by Gasteiger charge is -2.27. The van der Waals surface area contributed by atoms with Crippen molar-refractivity contribution in [1.29, 1.82) is 0 Å². The molecule has 2 aromatic carbocycles. The number of ether oxygens (including phenoxy) is 1. The van der Waals surface area contributed by atoms with Gasteiger partial charge in [0.25, 0.3) is 5.91 Å². The predicted octanol–water partition coefficient (Wildman–Crippen LogP) is 3.31. The third-order valence-corrected chi connectivity index (χ3v) is 5.18. The maximum Gasteiger partial charge on any atom is 0.251 e. The molecule has 3 rings (SSSR count). The van der Waals surface area contributed by atoms with Gasteiger partial charge in [-0.3, -0.25) is 9.69 Å². The van der Waals surface area contributed by atoms with Gasteiger partial charge in [-0.05, 0) is 35.1 Å². The Labute approximate surface area is 159 Å². The lowest BCUT2D eigenvalue weighted by atomic mass is 10.1. The molecule has 1 saturated heterocycles. The van der Waals surface area contributed by atoms with Crippen LogP contribution in [0.1, 0.15) is 27.0 Å². The molecule has 138 valence electrons. The Bertz CT molecular complexity index is 729. The van der Waals surface area contributed by atoms with Crippen molar-refractivity contribution >= 4 is 17.7 Å². The zero-order valence-electron chi connectivity index (χ0n) is 15.2. The molecule has 0 atom stereocenters. The number of carbonyl (C=O) groups excluding carboxylic acids is 1. The van der Waals surface area contributed by atoms with E-state index in [0.29, 0.717) is 6.54 Å². The molecule has 0 unspecified atom stereocenters. The molecule has 2 aromatic rings. The molecule has 0 aliphatic carbocycles. The number of hydrogen-bond acceptors (Lipinski definition) is 4. The zero-order valence-corrected chi connectivity index (χ0v) is 16.1. The first-order valence-electron chi connectivity index (χ1n) is 8.99. The monoisotopic (exact) mass is 370 g/mol. The number of morpholine rings is 1. The van der Waals surface area contributed by atoms with Gasteiger partial charge in [-0.1, -0.05) is 36.4 Å². The zero-order chi connectivity index (χ0) is 18.2. The standard InChI is InChI=1S/C21H26N2O2S/c1-26-16-17-5-4-8-18(13-17)21(24)22-14-19-6-2-3-7-20(19)15-23-9-11-25-12-10-23/h2-8,13H,9-12,14-16H2,1H3,(H,22,24). The molecule has 4 nitrogen and oxygen atoms in total. The van der Waals surface area contributed by atoms with Crippen LogP contribution in [0, 0.1) is 0 Å². The molecular formula is C21H26N2O2S. The maximum absolute atomic E-state index is 12.5. The maximum atomic E-state index is 12.5. The van der Waals surface area contributed by atoms with Crippen molar-refractivity contribution in [1.82, 2.24) is 10.2 Å². The second-order valence-corrected chi connectivity index (χ2v) is 7.34. The minimum absolute atomic E-state index is 0.0193. The minimum atomic E-state index is -0.0193. The van der Waals surface area contributed by atoms with Crippen LogP contribution in [0.3, 0.4) is 0 Å². The molecule has 1 fully saturated rings. The van der Waals surface area contributed by atoms with E-state index in [1.165, 1.54) is 16.7 Å². The molecule has 0 saturated carbocycles. The van der Waals surface area contributed by atoms with Gasteiger partial charge in [0, 0.05) is 37.5 Å². The minimum Gasteiger partial charge on any atom is -0.379 e. The summed E-state index contributed by atoms with van der Waals surface area (Å²) in [6, 6.07) is 16.2. The third kappa shape index (κ3) is 5.34. The van der Waals surface area contributed by atoms with E-state index >= 15 is 0 Å². The summed E-state index contributed by atoms with van der Waals surface area (Å²) >= 11 is 1.76. The quantitative estimate of drug-likeness (QED) is 0.812. The normalized spacial score (nSPS) is 15.0. The van der Waals surface area contributed by atoms with Crippen LogP contribution in [0.25, 0.3) is 0 Å². The first kappa shape index (κ1) is 19.0. The molecule has 1 aliphatic rings. The summed E-state index contributed by atoms with van der Waals surface area (Å²) in [5.41, 5.74) is 4.35. The van der Waals surface area contributed by atoms with Gasteiger partial charge in [-0.25, -0.2) is 0 Å². The predicted molar refractivity (Wildman–Crippen MR) is 107 cm³/mol. The van der Waals surface area contributed by atoms with Crippen LogP contribution in [-0.2, 0) is 23.6 Å². The van der Waals surface area contributed by atoms with Crippen LogP contribution in [0.15, 0.2) is 48.5 Å². The van der Waals surface area contributed by atoms with Crippen LogP contribution < -0.4 is 5.32 Å². The fourth-order valence-corrected chi connectivity index (χ4v) is 3.64. The molecule has 5 heteroatoms. The van der Waals surface area contributed by atoms with E-state index in [4.69, 9.17) is 4.74 Å². The number of carbonyl (C=O) groups is 1. The first-order chi connectivity index (χ1) is 12.8. The third-order valence-electron chi connectivity index (χ3n) is 4.56. The van der Waals surface area contributed by atoms with Crippen LogP contribution >= 0.6 is 11.8 Å². The molecule has 1 amide bonds. The number of amides is 1. The fourth-order valence-electron chi connectivity index (χ4n) is 3.13. The summed E-state index contributed by atoms with van der Waals surface area (Å²) in [4.78, 5) is 14.9. The highest BCUT2D eigenvalue weighted by Crippen LogP contribution is 2.14. The largest absolute Gasteiger partial charge is 0.379 e. The summed E-state index contributed by atoms with van der Waals surface area (Å²) in [5.74, 6) is 0.901. The van der Waals surface area contributed by atoms with E-state index in [9.17, 15) is 4.79 Å². The van der Waals surface area contributed by atoms with Gasteiger partial charge in [-0.2, -0.15) is 11.8 Å². The second-order valence-electron chi connectivity index (χ2n) is 6.47. The van der Waals surface area contributed by atoms with E-state index in [1.54, 1.807) is 11.8 Å². The molecule has 26 heavy (non-hydrogen) atoms. The van der Waals surface area contributed by atoms with Crippen LogP contribution in [0.5, 0.6) is 0 Å². The highest BCUT2D eigenvalue weighted by molar-refractivity contribution is 7.97. The van der Waals surface area contributed by atoms with Gasteiger partial charge < -0.3 is 10.1 Å². The average Bonchev–Trinajstić information content (AvgIpc) is 2.68. The van der Waals surface area contributed by atoms with Crippen molar-refractivity contribution in [3.05, 3.63) is 70.8 Å². The van der Waals surface area contributed by atoms with Gasteiger partial charge in [0.1, 0.15) is 0 Å². The van der Waals surface area contributed by atoms with E-state index in [1.807, 2.05) is 24.3 Å². The highest BCUT2D eigenvalue weighted by atomic mass is 32.2. The SMILES string of the molecule is CSCc1cccc(C(=O)NCc2ccccc2CN2CCOCC2)c1. The molecule has 1 aliphatic heterocycles. The summed E-state index contributed by atoms with van der Waals surface area (Å²) in [6.07, 6.45) is 2.07. The van der Waals surface area contributed by atoms with Gasteiger partial charge in [0.2, 0.25) is 0 Å². The molecule has 0 bridgehead atoms. The van der Waals surface area contributed by atoms with Crippen LogP contribution in [0.2, 0.25) is 0 Å². The molecule has 1 heterocycles. The van der Waals surface area contributed by atoms with Crippen LogP contribution in [0.4, 0.5) is 0 Å². The van der Waals surface area contributed by atoms with E-state index in [2.05, 4.69) is 40.7 Å². The fraction of sp³-hybridized carbons (Fsp3) is 0.381. The number of thioether (sulfide) groups is 1. The Balaban J connectivity index is 1.62. The molecule has 0 radical (unpaired) electrons. The number of hydrogen-bond donors (Lipinski definition) is 1. The molecule has 0 aromatic heterocycles. The van der Waals surface area contributed by atoms with Gasteiger partial charge in [-0.15, -0.1) is 0 Å². The van der Waals surface area contributed by atoms with Crippen molar-refractivity contribution in [2.24, 2.45) is 0 Å². The van der Waals surface area contributed by atoms with Gasteiger partial charge >= 0.3 is 0 Å². The van der Waals surface area contributed by atoms with Gasteiger partial charge in [0.15, 0.2) is 0 Å². The number of nitrogens with one attached hydrogen (secondary N) is 1.